The summed E-state index contributed by atoms with van der Waals surface area (Å²) in [6.45, 7) is 7.32. The monoisotopic (exact) mass is 142 g/mol. The first kappa shape index (κ1) is 9.21. The van der Waals surface area contributed by atoms with Crippen molar-refractivity contribution in [2.45, 2.75) is 26.7 Å². The number of hydrogen-bond acceptors (Lipinski definition) is 1. The van der Waals surface area contributed by atoms with Gasteiger partial charge >= 0.3 is 5.97 Å². The second-order valence-corrected chi connectivity index (χ2v) is 2.74. The van der Waals surface area contributed by atoms with Crippen LogP contribution in [0.15, 0.2) is 12.2 Å². The van der Waals surface area contributed by atoms with Crippen molar-refractivity contribution in [3.05, 3.63) is 12.2 Å². The van der Waals surface area contributed by atoms with E-state index in [0.717, 1.165) is 12.0 Å². The van der Waals surface area contributed by atoms with Crippen LogP contribution in [-0.4, -0.2) is 11.1 Å². The van der Waals surface area contributed by atoms with Crippen LogP contribution in [0.4, 0.5) is 0 Å². The molecular weight excluding hydrogens is 128 g/mol. The normalized spacial score (nSPS) is 12.6. The third-order valence-corrected chi connectivity index (χ3v) is 1.43. The first-order valence-electron chi connectivity index (χ1n) is 3.41. The SMILES string of the molecule is C=C(C)CC[C@H](C)C(=O)O. The molecule has 0 radical (unpaired) electrons. The molecule has 2 nitrogen and oxygen atoms in total. The molecule has 0 aliphatic rings. The first-order chi connectivity index (χ1) is 4.54. The third-order valence-electron chi connectivity index (χ3n) is 1.43. The van der Waals surface area contributed by atoms with E-state index in [0.29, 0.717) is 6.42 Å². The lowest BCUT2D eigenvalue weighted by Crippen LogP contribution is -2.08. The zero-order valence-electron chi connectivity index (χ0n) is 6.55. The summed E-state index contributed by atoms with van der Waals surface area (Å²) in [4.78, 5) is 10.3. The lowest BCUT2D eigenvalue weighted by Gasteiger charge is -2.03. The Balaban J connectivity index is 3.49. The molecule has 0 heterocycles. The number of allylic oxidation sites excluding steroid dienone is 1. The molecule has 1 atom stereocenters. The fourth-order valence-electron chi connectivity index (χ4n) is 0.586. The van der Waals surface area contributed by atoms with Crippen LogP contribution in [0, 0.1) is 5.92 Å². The summed E-state index contributed by atoms with van der Waals surface area (Å²) in [6.07, 6.45) is 1.51. The zero-order chi connectivity index (χ0) is 8.15. The number of carbonyl (C=O) groups is 1. The number of rotatable bonds is 4. The molecule has 58 valence electrons. The van der Waals surface area contributed by atoms with Gasteiger partial charge in [-0.05, 0) is 19.8 Å². The molecule has 0 fully saturated rings. The summed E-state index contributed by atoms with van der Waals surface area (Å²) in [6, 6.07) is 0. The van der Waals surface area contributed by atoms with E-state index in [1.165, 1.54) is 0 Å². The third kappa shape index (κ3) is 4.13. The van der Waals surface area contributed by atoms with Gasteiger partial charge in [0.1, 0.15) is 0 Å². The molecule has 0 aliphatic heterocycles. The fourth-order valence-corrected chi connectivity index (χ4v) is 0.586. The maximum Gasteiger partial charge on any atom is 0.306 e. The lowest BCUT2D eigenvalue weighted by atomic mass is 10.0. The van der Waals surface area contributed by atoms with E-state index < -0.39 is 5.97 Å². The molecule has 2 heteroatoms. The highest BCUT2D eigenvalue weighted by Gasteiger charge is 2.09. The Morgan fingerprint density at radius 1 is 1.70 bits per heavy atom. The molecule has 0 bridgehead atoms. The van der Waals surface area contributed by atoms with Crippen LogP contribution in [0.25, 0.3) is 0 Å². The lowest BCUT2D eigenvalue weighted by molar-refractivity contribution is -0.141. The summed E-state index contributed by atoms with van der Waals surface area (Å²) < 4.78 is 0. The van der Waals surface area contributed by atoms with Crippen LogP contribution in [0.3, 0.4) is 0 Å². The standard InChI is InChI=1S/C8H14O2/c1-6(2)4-5-7(3)8(9)10/h7H,1,4-5H2,2-3H3,(H,9,10)/t7-/m0/s1. The van der Waals surface area contributed by atoms with E-state index in [-0.39, 0.29) is 5.92 Å². The van der Waals surface area contributed by atoms with Gasteiger partial charge in [-0.2, -0.15) is 0 Å². The van der Waals surface area contributed by atoms with E-state index in [9.17, 15) is 4.79 Å². The molecule has 10 heavy (non-hydrogen) atoms. The molecule has 0 saturated heterocycles. The van der Waals surface area contributed by atoms with Gasteiger partial charge in [0.15, 0.2) is 0 Å². The summed E-state index contributed by atoms with van der Waals surface area (Å²) in [5.41, 5.74) is 1.05. The molecule has 0 aromatic heterocycles. The van der Waals surface area contributed by atoms with Gasteiger partial charge in [0.05, 0.1) is 5.92 Å². The molecule has 1 N–H and O–H groups in total. The maximum atomic E-state index is 10.3. The molecule has 0 rings (SSSR count). The Morgan fingerprint density at radius 2 is 2.20 bits per heavy atom. The van der Waals surface area contributed by atoms with Crippen LogP contribution in [-0.2, 0) is 4.79 Å². The van der Waals surface area contributed by atoms with Gasteiger partial charge < -0.3 is 5.11 Å². The van der Waals surface area contributed by atoms with E-state index in [4.69, 9.17) is 5.11 Å². The van der Waals surface area contributed by atoms with Crippen molar-refractivity contribution in [3.63, 3.8) is 0 Å². The highest BCUT2D eigenvalue weighted by molar-refractivity contribution is 5.69. The summed E-state index contributed by atoms with van der Waals surface area (Å²) in [5, 5.41) is 8.47. The van der Waals surface area contributed by atoms with Gasteiger partial charge in [-0.1, -0.05) is 12.5 Å². The Bertz CT molecular complexity index is 138. The van der Waals surface area contributed by atoms with Crippen LogP contribution in [0.1, 0.15) is 26.7 Å². The predicted molar refractivity (Wildman–Crippen MR) is 40.8 cm³/mol. The summed E-state index contributed by atoms with van der Waals surface area (Å²) in [5.74, 6) is -0.960. The Kier molecular flexibility index (Phi) is 3.77. The van der Waals surface area contributed by atoms with Gasteiger partial charge in [0.25, 0.3) is 0 Å². The molecule has 0 spiro atoms. The van der Waals surface area contributed by atoms with Crippen molar-refractivity contribution >= 4 is 5.97 Å². The average molecular weight is 142 g/mol. The van der Waals surface area contributed by atoms with Crippen molar-refractivity contribution in [1.29, 1.82) is 0 Å². The smallest absolute Gasteiger partial charge is 0.306 e. The second-order valence-electron chi connectivity index (χ2n) is 2.74. The zero-order valence-corrected chi connectivity index (χ0v) is 6.55. The molecular formula is C8H14O2. The quantitative estimate of drug-likeness (QED) is 0.610. The highest BCUT2D eigenvalue weighted by Crippen LogP contribution is 2.09. The Hall–Kier alpha value is -0.790. The van der Waals surface area contributed by atoms with Crippen molar-refractivity contribution < 1.29 is 9.90 Å². The Morgan fingerprint density at radius 3 is 2.50 bits per heavy atom. The maximum absolute atomic E-state index is 10.3. The minimum Gasteiger partial charge on any atom is -0.481 e. The molecule has 0 aromatic carbocycles. The molecule has 0 aromatic rings. The van der Waals surface area contributed by atoms with Gasteiger partial charge in [0.2, 0.25) is 0 Å². The van der Waals surface area contributed by atoms with Gasteiger partial charge in [-0.15, -0.1) is 6.58 Å². The minimum absolute atomic E-state index is 0.239. The number of carboxylic acids is 1. The first-order valence-corrected chi connectivity index (χ1v) is 3.41. The Labute approximate surface area is 61.6 Å². The van der Waals surface area contributed by atoms with Crippen molar-refractivity contribution in [3.8, 4) is 0 Å². The van der Waals surface area contributed by atoms with E-state index >= 15 is 0 Å². The highest BCUT2D eigenvalue weighted by atomic mass is 16.4. The second kappa shape index (κ2) is 4.09. The van der Waals surface area contributed by atoms with Gasteiger partial charge in [-0.25, -0.2) is 0 Å². The van der Waals surface area contributed by atoms with Crippen molar-refractivity contribution in [1.82, 2.24) is 0 Å². The van der Waals surface area contributed by atoms with E-state index in [1.807, 2.05) is 6.92 Å². The van der Waals surface area contributed by atoms with Crippen LogP contribution in [0.2, 0.25) is 0 Å². The molecule has 0 unspecified atom stereocenters. The molecule has 0 aliphatic carbocycles. The van der Waals surface area contributed by atoms with E-state index in [1.54, 1.807) is 6.92 Å². The van der Waals surface area contributed by atoms with E-state index in [2.05, 4.69) is 6.58 Å². The largest absolute Gasteiger partial charge is 0.481 e. The molecule has 0 saturated carbocycles. The molecule has 0 amide bonds. The van der Waals surface area contributed by atoms with Gasteiger partial charge in [-0.3, -0.25) is 4.79 Å². The minimum atomic E-state index is -0.721. The number of hydrogen-bond donors (Lipinski definition) is 1. The van der Waals surface area contributed by atoms with Gasteiger partial charge in [0, 0.05) is 0 Å². The van der Waals surface area contributed by atoms with Crippen molar-refractivity contribution in [2.75, 3.05) is 0 Å². The number of aliphatic carboxylic acids is 1. The van der Waals surface area contributed by atoms with Crippen LogP contribution in [0.5, 0.6) is 0 Å². The number of carboxylic acid groups (broad SMARTS) is 1. The summed E-state index contributed by atoms with van der Waals surface area (Å²) >= 11 is 0. The average Bonchev–Trinajstić information content (AvgIpc) is 1.82. The fraction of sp³-hybridized carbons (Fsp3) is 0.625. The topological polar surface area (TPSA) is 37.3 Å². The van der Waals surface area contributed by atoms with Crippen molar-refractivity contribution in [2.24, 2.45) is 5.92 Å². The van der Waals surface area contributed by atoms with Crippen LogP contribution < -0.4 is 0 Å². The van der Waals surface area contributed by atoms with Crippen LogP contribution >= 0.6 is 0 Å². The predicted octanol–water partition coefficient (Wildman–Crippen LogP) is 2.06. The summed E-state index contributed by atoms with van der Waals surface area (Å²) in [7, 11) is 0.